The van der Waals surface area contributed by atoms with E-state index in [2.05, 4.69) is 29.3 Å². The van der Waals surface area contributed by atoms with Crippen molar-refractivity contribution in [3.8, 4) is 17.6 Å². The molecule has 0 saturated heterocycles. The summed E-state index contributed by atoms with van der Waals surface area (Å²) in [5.41, 5.74) is 1.24. The minimum atomic E-state index is 0.383. The number of rotatable bonds is 4. The normalized spacial score (nSPS) is 15.9. The molecule has 1 aliphatic rings. The van der Waals surface area contributed by atoms with Gasteiger partial charge < -0.3 is 10.1 Å². The van der Waals surface area contributed by atoms with Crippen LogP contribution in [-0.2, 0) is 6.42 Å². The average Bonchev–Trinajstić information content (AvgIpc) is 3.20. The van der Waals surface area contributed by atoms with Crippen LogP contribution in [0.15, 0.2) is 24.3 Å². The molecule has 0 amide bonds. The molecule has 0 radical (unpaired) electrons. The number of hydrogen-bond donors (Lipinski definition) is 1. The predicted molar refractivity (Wildman–Crippen MR) is 70.0 cm³/mol. The maximum absolute atomic E-state index is 5.12. The molecule has 0 aromatic heterocycles. The van der Waals surface area contributed by atoms with Crippen molar-refractivity contribution in [3.63, 3.8) is 0 Å². The van der Waals surface area contributed by atoms with Gasteiger partial charge in [-0.05, 0) is 43.5 Å². The lowest BCUT2D eigenvalue weighted by molar-refractivity contribution is 0.414. The second-order valence-corrected chi connectivity index (χ2v) is 4.45. The Hall–Kier alpha value is -1.46. The Morgan fingerprint density at radius 1 is 1.35 bits per heavy atom. The van der Waals surface area contributed by atoms with Gasteiger partial charge in [-0.2, -0.15) is 0 Å². The van der Waals surface area contributed by atoms with Crippen molar-refractivity contribution in [1.29, 1.82) is 0 Å². The fourth-order valence-electron chi connectivity index (χ4n) is 1.86. The quantitative estimate of drug-likeness (QED) is 0.799. The van der Waals surface area contributed by atoms with E-state index in [4.69, 9.17) is 4.74 Å². The fourth-order valence-corrected chi connectivity index (χ4v) is 1.86. The topological polar surface area (TPSA) is 21.3 Å². The highest BCUT2D eigenvalue weighted by Crippen LogP contribution is 2.32. The summed E-state index contributed by atoms with van der Waals surface area (Å²) in [6, 6.07) is 8.48. The zero-order valence-electron chi connectivity index (χ0n) is 10.5. The molecule has 0 bridgehead atoms. The smallest absolute Gasteiger partial charge is 0.118 e. The lowest BCUT2D eigenvalue weighted by Crippen LogP contribution is -2.25. The van der Waals surface area contributed by atoms with E-state index in [-0.39, 0.29) is 0 Å². The van der Waals surface area contributed by atoms with Gasteiger partial charge >= 0.3 is 0 Å². The van der Waals surface area contributed by atoms with Crippen molar-refractivity contribution in [2.45, 2.75) is 25.3 Å². The minimum Gasteiger partial charge on any atom is -0.497 e. The Morgan fingerprint density at radius 2 is 2.06 bits per heavy atom. The maximum Gasteiger partial charge on any atom is 0.118 e. The number of ether oxygens (including phenoxy) is 1. The number of methoxy groups -OCH3 is 1. The summed E-state index contributed by atoms with van der Waals surface area (Å²) in [4.78, 5) is 0. The van der Waals surface area contributed by atoms with E-state index < -0.39 is 0 Å². The molecule has 17 heavy (non-hydrogen) atoms. The zero-order chi connectivity index (χ0) is 12.1. The summed E-state index contributed by atoms with van der Waals surface area (Å²) in [5, 5.41) is 3.27. The first kappa shape index (κ1) is 12.0. The van der Waals surface area contributed by atoms with Gasteiger partial charge in [0.15, 0.2) is 0 Å². The average molecular weight is 229 g/mol. The third-order valence-electron chi connectivity index (χ3n) is 3.11. The molecular weight excluding hydrogens is 210 g/mol. The van der Waals surface area contributed by atoms with Crippen molar-refractivity contribution >= 4 is 0 Å². The molecule has 1 aromatic carbocycles. The van der Waals surface area contributed by atoms with Crippen molar-refractivity contribution < 1.29 is 4.74 Å². The summed E-state index contributed by atoms with van der Waals surface area (Å²) < 4.78 is 5.12. The van der Waals surface area contributed by atoms with E-state index in [1.54, 1.807) is 7.11 Å². The molecule has 1 saturated carbocycles. The maximum atomic E-state index is 5.12. The molecule has 1 N–H and O–H groups in total. The van der Waals surface area contributed by atoms with Gasteiger partial charge in [0.2, 0.25) is 0 Å². The number of benzene rings is 1. The zero-order valence-corrected chi connectivity index (χ0v) is 10.5. The lowest BCUT2D eigenvalue weighted by atomic mass is 10.1. The molecule has 1 atom stereocenters. The molecule has 1 unspecified atom stereocenters. The first-order chi connectivity index (χ1) is 8.33. The number of nitrogens with one attached hydrogen (secondary N) is 1. The highest BCUT2D eigenvalue weighted by Gasteiger charge is 2.28. The SMILES string of the molecule is CNC(C#CCc1ccc(OC)cc1)C1CC1. The van der Waals surface area contributed by atoms with E-state index in [0.717, 1.165) is 18.1 Å². The summed E-state index contributed by atoms with van der Waals surface area (Å²) in [6.45, 7) is 0. The standard InChI is InChI=1S/C15H19NO/c1-16-15(13-8-9-13)5-3-4-12-6-10-14(17-2)11-7-12/h6-7,10-11,13,15-16H,4,8-9H2,1-2H3. The van der Waals surface area contributed by atoms with Gasteiger partial charge in [-0.1, -0.05) is 24.0 Å². The minimum absolute atomic E-state index is 0.383. The second-order valence-electron chi connectivity index (χ2n) is 4.45. The van der Waals surface area contributed by atoms with Crippen molar-refractivity contribution in [2.75, 3.05) is 14.2 Å². The van der Waals surface area contributed by atoms with E-state index >= 15 is 0 Å². The van der Waals surface area contributed by atoms with Gasteiger partial charge in [0, 0.05) is 6.42 Å². The Labute approximate surface area is 103 Å². The van der Waals surface area contributed by atoms with Crippen LogP contribution in [0.1, 0.15) is 18.4 Å². The van der Waals surface area contributed by atoms with Crippen LogP contribution in [0.5, 0.6) is 5.75 Å². The monoisotopic (exact) mass is 229 g/mol. The summed E-state index contributed by atoms with van der Waals surface area (Å²) >= 11 is 0. The van der Waals surface area contributed by atoms with Crippen molar-refractivity contribution in [1.82, 2.24) is 5.32 Å². The summed E-state index contributed by atoms with van der Waals surface area (Å²) in [7, 11) is 3.67. The molecule has 2 nitrogen and oxygen atoms in total. The van der Waals surface area contributed by atoms with Crippen LogP contribution in [0.4, 0.5) is 0 Å². The third-order valence-corrected chi connectivity index (χ3v) is 3.11. The molecule has 1 aromatic rings. The molecule has 2 heteroatoms. The van der Waals surface area contributed by atoms with Crippen molar-refractivity contribution in [2.24, 2.45) is 5.92 Å². The van der Waals surface area contributed by atoms with E-state index in [9.17, 15) is 0 Å². The molecule has 2 rings (SSSR count). The molecule has 1 aliphatic carbocycles. The second kappa shape index (κ2) is 5.75. The highest BCUT2D eigenvalue weighted by molar-refractivity contribution is 5.30. The fraction of sp³-hybridized carbons (Fsp3) is 0.467. The van der Waals surface area contributed by atoms with Crippen LogP contribution in [0.2, 0.25) is 0 Å². The lowest BCUT2D eigenvalue weighted by Gasteiger charge is -2.05. The molecule has 0 heterocycles. The van der Waals surface area contributed by atoms with Crippen LogP contribution < -0.4 is 10.1 Å². The van der Waals surface area contributed by atoms with Gasteiger partial charge in [0.25, 0.3) is 0 Å². The molecule has 0 aliphatic heterocycles. The first-order valence-corrected chi connectivity index (χ1v) is 6.12. The van der Waals surface area contributed by atoms with Crippen LogP contribution in [0.25, 0.3) is 0 Å². The largest absolute Gasteiger partial charge is 0.497 e. The highest BCUT2D eigenvalue weighted by atomic mass is 16.5. The number of hydrogen-bond acceptors (Lipinski definition) is 2. The molecule has 0 spiro atoms. The Kier molecular flexibility index (Phi) is 4.06. The van der Waals surface area contributed by atoms with Gasteiger partial charge in [-0.25, -0.2) is 0 Å². The molecular formula is C15H19NO. The molecule has 90 valence electrons. The van der Waals surface area contributed by atoms with Crippen LogP contribution in [0.3, 0.4) is 0 Å². The Bertz CT molecular complexity index is 409. The van der Waals surface area contributed by atoms with Gasteiger partial charge in [0.1, 0.15) is 5.75 Å². The van der Waals surface area contributed by atoms with Crippen molar-refractivity contribution in [3.05, 3.63) is 29.8 Å². The Balaban J connectivity index is 1.89. The van der Waals surface area contributed by atoms with Gasteiger partial charge in [0.05, 0.1) is 13.2 Å². The predicted octanol–water partition coefficient (Wildman–Crippen LogP) is 2.24. The van der Waals surface area contributed by atoms with Crippen LogP contribution in [-0.4, -0.2) is 20.2 Å². The third kappa shape index (κ3) is 3.51. The Morgan fingerprint density at radius 3 is 2.59 bits per heavy atom. The van der Waals surface area contributed by atoms with Crippen LogP contribution in [0, 0.1) is 17.8 Å². The van der Waals surface area contributed by atoms with Gasteiger partial charge in [-0.3, -0.25) is 0 Å². The van der Waals surface area contributed by atoms with E-state index in [1.807, 2.05) is 19.2 Å². The summed E-state index contributed by atoms with van der Waals surface area (Å²) in [5.74, 6) is 8.25. The molecule has 1 fully saturated rings. The van der Waals surface area contributed by atoms with E-state index in [0.29, 0.717) is 6.04 Å². The van der Waals surface area contributed by atoms with Gasteiger partial charge in [-0.15, -0.1) is 0 Å². The first-order valence-electron chi connectivity index (χ1n) is 6.12. The van der Waals surface area contributed by atoms with E-state index in [1.165, 1.54) is 18.4 Å². The summed E-state index contributed by atoms with van der Waals surface area (Å²) in [6.07, 6.45) is 3.46. The van der Waals surface area contributed by atoms with Crippen LogP contribution >= 0.6 is 0 Å².